The minimum Gasteiger partial charge on any atom is -0.298 e. The maximum absolute atomic E-state index is 11.6. The van der Waals surface area contributed by atoms with Gasteiger partial charge in [-0.3, -0.25) is 4.79 Å². The summed E-state index contributed by atoms with van der Waals surface area (Å²) in [5.74, 6) is 0.0848. The zero-order valence-electron chi connectivity index (χ0n) is 8.91. The fourth-order valence-corrected chi connectivity index (χ4v) is 2.47. The van der Waals surface area contributed by atoms with Crippen LogP contribution in [-0.4, -0.2) is 37.3 Å². The lowest BCUT2D eigenvalue weighted by Gasteiger charge is -2.34. The lowest BCUT2D eigenvalue weighted by molar-refractivity contribution is -0.130. The minimum atomic E-state index is -3.19. The highest BCUT2D eigenvalue weighted by molar-refractivity contribution is 7.89. The maximum Gasteiger partial charge on any atom is 0.214 e. The molecular weight excluding hydrogens is 202 g/mol. The van der Waals surface area contributed by atoms with Gasteiger partial charge in [-0.25, -0.2) is 8.42 Å². The van der Waals surface area contributed by atoms with Gasteiger partial charge in [-0.15, -0.1) is 0 Å². The quantitative estimate of drug-likeness (QED) is 0.684. The molecule has 1 fully saturated rings. The van der Waals surface area contributed by atoms with Gasteiger partial charge in [0.2, 0.25) is 10.0 Å². The molecule has 1 rings (SSSR count). The van der Waals surface area contributed by atoms with Gasteiger partial charge in [0.25, 0.3) is 0 Å². The average molecular weight is 219 g/mol. The van der Waals surface area contributed by atoms with E-state index in [1.165, 1.54) is 4.31 Å². The van der Waals surface area contributed by atoms with Crippen molar-refractivity contribution < 1.29 is 13.2 Å². The number of carbonyl (C=O) groups is 1. The van der Waals surface area contributed by atoms with Crippen molar-refractivity contribution in [2.75, 3.05) is 18.8 Å². The molecule has 4 nitrogen and oxygen atoms in total. The van der Waals surface area contributed by atoms with Crippen LogP contribution in [0, 0.1) is 5.41 Å². The number of hydrogen-bond acceptors (Lipinski definition) is 3. The van der Waals surface area contributed by atoms with Crippen molar-refractivity contribution in [2.45, 2.75) is 27.2 Å². The van der Waals surface area contributed by atoms with Crippen molar-refractivity contribution in [2.24, 2.45) is 5.41 Å². The van der Waals surface area contributed by atoms with Crippen molar-refractivity contribution >= 4 is 15.8 Å². The Labute approximate surface area is 85.3 Å². The van der Waals surface area contributed by atoms with Crippen LogP contribution in [0.4, 0.5) is 0 Å². The molecule has 0 saturated carbocycles. The lowest BCUT2D eigenvalue weighted by Crippen LogP contribution is -2.48. The summed E-state index contributed by atoms with van der Waals surface area (Å²) in [6.45, 7) is 5.84. The van der Waals surface area contributed by atoms with Crippen molar-refractivity contribution in [3.8, 4) is 0 Å². The van der Waals surface area contributed by atoms with Gasteiger partial charge in [-0.1, -0.05) is 13.8 Å². The maximum atomic E-state index is 11.6. The lowest BCUT2D eigenvalue weighted by atomic mass is 9.82. The van der Waals surface area contributed by atoms with Gasteiger partial charge >= 0.3 is 0 Å². The van der Waals surface area contributed by atoms with Crippen molar-refractivity contribution in [3.05, 3.63) is 0 Å². The Kier molecular flexibility index (Phi) is 3.02. The fraction of sp³-hybridized carbons (Fsp3) is 0.889. The topological polar surface area (TPSA) is 54.5 Å². The van der Waals surface area contributed by atoms with Gasteiger partial charge in [-0.05, 0) is 13.3 Å². The smallest absolute Gasteiger partial charge is 0.214 e. The number of piperidine rings is 1. The summed E-state index contributed by atoms with van der Waals surface area (Å²) in [6, 6.07) is 0. The van der Waals surface area contributed by atoms with E-state index in [4.69, 9.17) is 0 Å². The molecule has 0 atom stereocenters. The Morgan fingerprint density at radius 2 is 2.00 bits per heavy atom. The summed E-state index contributed by atoms with van der Waals surface area (Å²) in [5, 5.41) is 0. The second-order valence-corrected chi connectivity index (χ2v) is 6.55. The molecule has 0 amide bonds. The summed E-state index contributed by atoms with van der Waals surface area (Å²) in [5.41, 5.74) is -0.361. The van der Waals surface area contributed by atoms with E-state index in [1.807, 2.05) is 13.8 Å². The molecule has 0 aromatic carbocycles. The second kappa shape index (κ2) is 3.62. The average Bonchev–Trinajstić information content (AvgIpc) is 2.09. The molecule has 0 unspecified atom stereocenters. The Bertz CT molecular complexity index is 332. The summed E-state index contributed by atoms with van der Waals surface area (Å²) < 4.78 is 24.3. The normalized spacial score (nSPS) is 23.8. The minimum absolute atomic E-state index is 0.0146. The molecule has 0 aromatic heterocycles. The first-order valence-corrected chi connectivity index (χ1v) is 6.41. The van der Waals surface area contributed by atoms with Crippen LogP contribution in [0.1, 0.15) is 27.2 Å². The third kappa shape index (κ3) is 2.15. The number of hydrogen-bond donors (Lipinski definition) is 0. The highest BCUT2D eigenvalue weighted by Crippen LogP contribution is 2.27. The summed E-state index contributed by atoms with van der Waals surface area (Å²) in [4.78, 5) is 11.6. The number of rotatable bonds is 2. The van der Waals surface area contributed by atoms with E-state index in [1.54, 1.807) is 6.92 Å². The van der Waals surface area contributed by atoms with E-state index in [9.17, 15) is 13.2 Å². The predicted octanol–water partition coefficient (Wildman–Crippen LogP) is 0.637. The first-order chi connectivity index (χ1) is 6.29. The molecule has 14 heavy (non-hydrogen) atoms. The van der Waals surface area contributed by atoms with Gasteiger partial charge < -0.3 is 0 Å². The fourth-order valence-electron chi connectivity index (χ4n) is 1.42. The van der Waals surface area contributed by atoms with Crippen molar-refractivity contribution in [1.82, 2.24) is 4.31 Å². The molecule has 5 heteroatoms. The summed E-state index contributed by atoms with van der Waals surface area (Å²) >= 11 is 0. The molecule has 0 aliphatic carbocycles. The Morgan fingerprint density at radius 3 is 2.43 bits per heavy atom. The summed E-state index contributed by atoms with van der Waals surface area (Å²) in [6.07, 6.45) is 0.616. The van der Waals surface area contributed by atoms with Crippen molar-refractivity contribution in [3.63, 3.8) is 0 Å². The monoisotopic (exact) mass is 219 g/mol. The van der Waals surface area contributed by atoms with Crippen LogP contribution in [0.25, 0.3) is 0 Å². The molecule has 1 aliphatic rings. The molecule has 0 spiro atoms. The first kappa shape index (κ1) is 11.7. The third-order valence-corrected chi connectivity index (χ3v) is 4.65. The van der Waals surface area contributed by atoms with E-state index in [0.717, 1.165) is 0 Å². The molecule has 1 saturated heterocycles. The van der Waals surface area contributed by atoms with E-state index >= 15 is 0 Å². The van der Waals surface area contributed by atoms with E-state index < -0.39 is 10.0 Å². The SMILES string of the molecule is CCS(=O)(=O)N1CCC(C)(C)C(=O)C1. The molecular formula is C9H17NO3S. The van der Waals surface area contributed by atoms with E-state index in [0.29, 0.717) is 13.0 Å². The zero-order chi connectivity index (χ0) is 11.0. The highest BCUT2D eigenvalue weighted by atomic mass is 32.2. The number of sulfonamides is 1. The Balaban J connectivity index is 2.79. The molecule has 1 heterocycles. The standard InChI is InChI=1S/C9H17NO3S/c1-4-14(12,13)10-6-5-9(2,3)8(11)7-10/h4-7H2,1-3H3. The van der Waals surface area contributed by atoms with Crippen LogP contribution in [0.5, 0.6) is 0 Å². The molecule has 0 bridgehead atoms. The summed E-state index contributed by atoms with van der Waals surface area (Å²) in [7, 11) is -3.19. The van der Waals surface area contributed by atoms with Gasteiger partial charge in [0.1, 0.15) is 0 Å². The van der Waals surface area contributed by atoms with E-state index in [-0.39, 0.29) is 23.5 Å². The second-order valence-electron chi connectivity index (χ2n) is 4.29. The first-order valence-electron chi connectivity index (χ1n) is 4.81. The van der Waals surface area contributed by atoms with Gasteiger partial charge in [-0.2, -0.15) is 4.31 Å². The van der Waals surface area contributed by atoms with Crippen LogP contribution in [0.3, 0.4) is 0 Å². The van der Waals surface area contributed by atoms with E-state index in [2.05, 4.69) is 0 Å². The van der Waals surface area contributed by atoms with Crippen molar-refractivity contribution in [1.29, 1.82) is 0 Å². The number of nitrogens with zero attached hydrogens (tertiary/aromatic N) is 1. The number of Topliss-reactive ketones (excluding diaryl/α,β-unsaturated/α-hetero) is 1. The molecule has 1 aliphatic heterocycles. The molecule has 0 radical (unpaired) electrons. The van der Waals surface area contributed by atoms with Crippen LogP contribution in [-0.2, 0) is 14.8 Å². The number of carbonyl (C=O) groups excluding carboxylic acids is 1. The Hall–Kier alpha value is -0.420. The largest absolute Gasteiger partial charge is 0.298 e. The predicted molar refractivity (Wildman–Crippen MR) is 54.4 cm³/mol. The van der Waals surface area contributed by atoms with Crippen LogP contribution in [0.2, 0.25) is 0 Å². The molecule has 0 aromatic rings. The van der Waals surface area contributed by atoms with Gasteiger partial charge in [0, 0.05) is 12.0 Å². The van der Waals surface area contributed by atoms with Crippen LogP contribution in [0.15, 0.2) is 0 Å². The van der Waals surface area contributed by atoms with Crippen LogP contribution < -0.4 is 0 Å². The number of ketones is 1. The highest BCUT2D eigenvalue weighted by Gasteiger charge is 2.37. The molecule has 0 N–H and O–H groups in total. The van der Waals surface area contributed by atoms with Crippen LogP contribution >= 0.6 is 0 Å². The van der Waals surface area contributed by atoms with Gasteiger partial charge in [0.05, 0.1) is 12.3 Å². The third-order valence-electron chi connectivity index (χ3n) is 2.82. The Morgan fingerprint density at radius 1 is 1.43 bits per heavy atom. The molecule has 82 valence electrons. The zero-order valence-corrected chi connectivity index (χ0v) is 9.73. The van der Waals surface area contributed by atoms with Gasteiger partial charge in [0.15, 0.2) is 5.78 Å².